The summed E-state index contributed by atoms with van der Waals surface area (Å²) in [6.07, 6.45) is 5.40. The molecule has 1 unspecified atom stereocenters. The first kappa shape index (κ1) is 24.8. The van der Waals surface area contributed by atoms with Gasteiger partial charge in [0.25, 0.3) is 0 Å². The molecule has 0 aliphatic heterocycles. The maximum atomic E-state index is 5.86. The third-order valence-corrected chi connectivity index (χ3v) is 6.46. The van der Waals surface area contributed by atoms with Gasteiger partial charge in [0.1, 0.15) is 5.75 Å². The first-order valence-corrected chi connectivity index (χ1v) is 12.9. The Balaban J connectivity index is 1.26. The predicted molar refractivity (Wildman–Crippen MR) is 144 cm³/mol. The molecule has 35 heavy (non-hydrogen) atoms. The number of hydrogen-bond acceptors (Lipinski definition) is 6. The quantitative estimate of drug-likeness (QED) is 0.222. The first-order valence-electron chi connectivity index (χ1n) is 11.7. The van der Waals surface area contributed by atoms with Crippen LogP contribution in [0.2, 0.25) is 0 Å². The zero-order valence-corrected chi connectivity index (χ0v) is 21.0. The molecule has 1 atom stereocenters. The number of para-hydroxylation sites is 1. The van der Waals surface area contributed by atoms with Crippen molar-refractivity contribution in [1.82, 2.24) is 15.1 Å². The molecule has 0 saturated carbocycles. The molecule has 0 aliphatic rings. The van der Waals surface area contributed by atoms with Crippen molar-refractivity contribution in [3.05, 3.63) is 108 Å². The smallest absolute Gasteiger partial charge is 0.247 e. The molecule has 0 saturated heterocycles. The zero-order chi connectivity index (χ0) is 24.3. The van der Waals surface area contributed by atoms with E-state index in [1.165, 1.54) is 5.56 Å². The Morgan fingerprint density at radius 2 is 1.63 bits per heavy atom. The minimum Gasteiger partial charge on any atom is -0.493 e. The van der Waals surface area contributed by atoms with Crippen molar-refractivity contribution in [1.29, 1.82) is 0 Å². The molecule has 1 heterocycles. The summed E-state index contributed by atoms with van der Waals surface area (Å²) >= 11 is 1.71. The van der Waals surface area contributed by atoms with Gasteiger partial charge in [-0.15, -0.1) is 22.0 Å². The van der Waals surface area contributed by atoms with E-state index in [1.54, 1.807) is 11.8 Å². The monoisotopic (exact) mass is 485 g/mol. The van der Waals surface area contributed by atoms with Gasteiger partial charge in [0.15, 0.2) is 0 Å². The van der Waals surface area contributed by atoms with E-state index in [9.17, 15) is 0 Å². The van der Waals surface area contributed by atoms with E-state index in [1.807, 2.05) is 42.5 Å². The Bertz CT molecular complexity index is 1180. The van der Waals surface area contributed by atoms with E-state index in [0.717, 1.165) is 29.1 Å². The number of nitrogens with zero attached hydrogens (tertiary/aromatic N) is 3. The van der Waals surface area contributed by atoms with Gasteiger partial charge >= 0.3 is 0 Å². The lowest BCUT2D eigenvalue weighted by Crippen LogP contribution is -2.27. The van der Waals surface area contributed by atoms with Crippen LogP contribution in [0.4, 0.5) is 0 Å². The lowest BCUT2D eigenvalue weighted by molar-refractivity contribution is 0.342. The molecule has 0 fully saturated rings. The fraction of sp³-hybridized carbons (Fsp3) is 0.241. The minimum atomic E-state index is 0.325. The number of thioether (sulfide) groups is 1. The van der Waals surface area contributed by atoms with E-state index in [2.05, 4.69) is 83.8 Å². The molecular weight excluding hydrogens is 454 g/mol. The highest BCUT2D eigenvalue weighted by Gasteiger charge is 2.10. The maximum absolute atomic E-state index is 5.86. The molecule has 0 radical (unpaired) electrons. The summed E-state index contributed by atoms with van der Waals surface area (Å²) < 4.78 is 11.6. The van der Waals surface area contributed by atoms with Gasteiger partial charge in [0, 0.05) is 17.4 Å². The van der Waals surface area contributed by atoms with Gasteiger partial charge in [-0.1, -0.05) is 72.8 Å². The maximum Gasteiger partial charge on any atom is 0.247 e. The molecule has 180 valence electrons. The van der Waals surface area contributed by atoms with Gasteiger partial charge in [-0.3, -0.25) is 0 Å². The molecule has 0 N–H and O–H groups in total. The van der Waals surface area contributed by atoms with E-state index in [-0.39, 0.29) is 0 Å². The lowest BCUT2D eigenvalue weighted by atomic mass is 10.0. The van der Waals surface area contributed by atoms with Crippen LogP contribution in [0.3, 0.4) is 0 Å². The van der Waals surface area contributed by atoms with Crippen LogP contribution >= 0.6 is 11.8 Å². The summed E-state index contributed by atoms with van der Waals surface area (Å²) in [5.74, 6) is 3.58. The predicted octanol–water partition coefficient (Wildman–Crippen LogP) is 6.23. The van der Waals surface area contributed by atoms with Gasteiger partial charge in [0.05, 0.1) is 12.4 Å². The van der Waals surface area contributed by atoms with Crippen LogP contribution < -0.4 is 4.74 Å². The van der Waals surface area contributed by atoms with Crippen molar-refractivity contribution in [3.8, 4) is 17.2 Å². The molecule has 0 bridgehead atoms. The minimum absolute atomic E-state index is 0.325. The molecule has 3 aromatic carbocycles. The Kier molecular flexibility index (Phi) is 9.15. The van der Waals surface area contributed by atoms with Gasteiger partial charge < -0.3 is 14.1 Å². The van der Waals surface area contributed by atoms with Gasteiger partial charge in [0.2, 0.25) is 11.8 Å². The largest absolute Gasteiger partial charge is 0.493 e. The van der Waals surface area contributed by atoms with Crippen LogP contribution in [-0.2, 0) is 12.2 Å². The second-order valence-electron chi connectivity index (χ2n) is 8.42. The average Bonchev–Trinajstić information content (AvgIpc) is 3.37. The third-order valence-electron chi connectivity index (χ3n) is 5.55. The fourth-order valence-electron chi connectivity index (χ4n) is 3.56. The van der Waals surface area contributed by atoms with Crippen LogP contribution in [0.5, 0.6) is 5.75 Å². The number of aromatic nitrogens is 2. The summed E-state index contributed by atoms with van der Waals surface area (Å²) in [6.45, 7) is 0.644. The molecule has 1 aromatic heterocycles. The van der Waals surface area contributed by atoms with Crippen LogP contribution in [0.25, 0.3) is 17.5 Å². The number of ether oxygens (including phenoxy) is 1. The second kappa shape index (κ2) is 12.9. The Labute approximate surface area is 211 Å². The average molecular weight is 486 g/mol. The normalized spacial score (nSPS) is 12.3. The Morgan fingerprint density at radius 1 is 0.914 bits per heavy atom. The molecule has 0 aliphatic carbocycles. The molecule has 5 nitrogen and oxygen atoms in total. The Morgan fingerprint density at radius 3 is 2.34 bits per heavy atom. The van der Waals surface area contributed by atoms with Crippen molar-refractivity contribution in [2.45, 2.75) is 18.2 Å². The highest BCUT2D eigenvalue weighted by molar-refractivity contribution is 7.98. The van der Waals surface area contributed by atoms with Crippen LogP contribution in [-0.4, -0.2) is 47.6 Å². The SMILES string of the molecule is CN(C)C(C=Cc1ccc(-c2nnc(CSCCOc3ccccc3)o2)cc1)Cc1ccccc1. The van der Waals surface area contributed by atoms with Crippen LogP contribution in [0.15, 0.2) is 95.4 Å². The number of hydrogen-bond donors (Lipinski definition) is 0. The van der Waals surface area contributed by atoms with Crippen molar-refractivity contribution in [2.24, 2.45) is 0 Å². The highest BCUT2D eigenvalue weighted by atomic mass is 32.2. The Hall–Kier alpha value is -3.35. The van der Waals surface area contributed by atoms with Gasteiger partial charge in [-0.25, -0.2) is 0 Å². The summed E-state index contributed by atoms with van der Waals surface area (Å²) in [4.78, 5) is 2.24. The van der Waals surface area contributed by atoms with Crippen molar-refractivity contribution in [3.63, 3.8) is 0 Å². The molecule has 4 aromatic rings. The van der Waals surface area contributed by atoms with Gasteiger partial charge in [-0.05, 0) is 55.9 Å². The second-order valence-corrected chi connectivity index (χ2v) is 9.52. The van der Waals surface area contributed by atoms with E-state index in [4.69, 9.17) is 9.15 Å². The number of likely N-dealkylation sites (N-methyl/N-ethyl adjacent to an activating group) is 1. The fourth-order valence-corrected chi connectivity index (χ4v) is 4.20. The molecule has 0 amide bonds. The molecule has 4 rings (SSSR count). The molecular formula is C29H31N3O2S. The highest BCUT2D eigenvalue weighted by Crippen LogP contribution is 2.21. The van der Waals surface area contributed by atoms with Crippen LogP contribution in [0, 0.1) is 0 Å². The van der Waals surface area contributed by atoms with E-state index >= 15 is 0 Å². The van der Waals surface area contributed by atoms with Crippen molar-refractivity contribution < 1.29 is 9.15 Å². The summed E-state index contributed by atoms with van der Waals surface area (Å²) in [5.41, 5.74) is 3.40. The summed E-state index contributed by atoms with van der Waals surface area (Å²) in [6, 6.07) is 29.0. The summed E-state index contributed by atoms with van der Waals surface area (Å²) in [5, 5.41) is 8.41. The summed E-state index contributed by atoms with van der Waals surface area (Å²) in [7, 11) is 4.23. The van der Waals surface area contributed by atoms with E-state index in [0.29, 0.717) is 30.2 Å². The topological polar surface area (TPSA) is 51.4 Å². The standard InChI is InChI=1S/C29H31N3O2S/c1-32(2)26(21-24-9-5-3-6-10-24)18-15-23-13-16-25(17-14-23)29-31-30-28(34-29)22-35-20-19-33-27-11-7-4-8-12-27/h3-18,26H,19-22H2,1-2H3. The first-order chi connectivity index (χ1) is 17.2. The number of benzene rings is 3. The lowest BCUT2D eigenvalue weighted by Gasteiger charge is -2.21. The van der Waals surface area contributed by atoms with Crippen molar-refractivity contribution >= 4 is 17.8 Å². The van der Waals surface area contributed by atoms with E-state index < -0.39 is 0 Å². The van der Waals surface area contributed by atoms with Gasteiger partial charge in [-0.2, -0.15) is 0 Å². The number of rotatable bonds is 12. The van der Waals surface area contributed by atoms with Crippen molar-refractivity contribution in [2.75, 3.05) is 26.5 Å². The third kappa shape index (κ3) is 7.84. The molecule has 0 spiro atoms. The zero-order valence-electron chi connectivity index (χ0n) is 20.2. The molecule has 6 heteroatoms. The van der Waals surface area contributed by atoms with Crippen LogP contribution in [0.1, 0.15) is 17.0 Å².